The van der Waals surface area contributed by atoms with E-state index in [0.717, 1.165) is 37.1 Å². The molecule has 17 heavy (non-hydrogen) atoms. The van der Waals surface area contributed by atoms with Crippen molar-refractivity contribution in [3.05, 3.63) is 35.4 Å². The molecule has 0 aromatic heterocycles. The number of hydrogen-bond donors (Lipinski definition) is 0. The molecule has 0 saturated carbocycles. The molecule has 1 aromatic rings. The van der Waals surface area contributed by atoms with E-state index in [2.05, 4.69) is 6.92 Å². The Hall–Kier alpha value is -1.02. The first-order valence-electron chi connectivity index (χ1n) is 6.18. The van der Waals surface area contributed by atoms with Gasteiger partial charge >= 0.3 is 0 Å². The molecule has 1 saturated heterocycles. The lowest BCUT2D eigenvalue weighted by Crippen LogP contribution is -2.28. The molecule has 0 N–H and O–H groups in total. The molecule has 92 valence electrons. The summed E-state index contributed by atoms with van der Waals surface area (Å²) in [7, 11) is 0. The lowest BCUT2D eigenvalue weighted by atomic mass is 10.1. The Morgan fingerprint density at radius 3 is 2.65 bits per heavy atom. The van der Waals surface area contributed by atoms with Crippen LogP contribution < -0.4 is 0 Å². The van der Waals surface area contributed by atoms with E-state index < -0.39 is 0 Å². The van der Waals surface area contributed by atoms with Gasteiger partial charge in [0.15, 0.2) is 0 Å². The largest absolute Gasteiger partial charge is 0.338 e. The van der Waals surface area contributed by atoms with E-state index in [1.54, 1.807) is 0 Å². The van der Waals surface area contributed by atoms with E-state index in [4.69, 9.17) is 11.6 Å². The zero-order valence-electron chi connectivity index (χ0n) is 10.2. The fourth-order valence-electron chi connectivity index (χ4n) is 2.27. The minimum absolute atomic E-state index is 0.155. The summed E-state index contributed by atoms with van der Waals surface area (Å²) in [5.74, 6) is 1.33. The minimum Gasteiger partial charge on any atom is -0.338 e. The summed E-state index contributed by atoms with van der Waals surface area (Å²) in [5.41, 5.74) is 1.83. The van der Waals surface area contributed by atoms with Gasteiger partial charge in [0.25, 0.3) is 5.91 Å². The van der Waals surface area contributed by atoms with Gasteiger partial charge in [0.05, 0.1) is 0 Å². The zero-order valence-corrected chi connectivity index (χ0v) is 10.9. The first-order valence-corrected chi connectivity index (χ1v) is 6.72. The van der Waals surface area contributed by atoms with Gasteiger partial charge in [0, 0.05) is 24.5 Å². The number of carbonyl (C=O) groups is 1. The van der Waals surface area contributed by atoms with Crippen molar-refractivity contribution in [1.29, 1.82) is 0 Å². The van der Waals surface area contributed by atoms with Crippen molar-refractivity contribution >= 4 is 17.5 Å². The second-order valence-corrected chi connectivity index (χ2v) is 4.91. The van der Waals surface area contributed by atoms with Crippen LogP contribution in [0.1, 0.15) is 35.7 Å². The smallest absolute Gasteiger partial charge is 0.253 e. The fraction of sp³-hybridized carbons (Fsp3) is 0.500. The molecule has 0 radical (unpaired) electrons. The van der Waals surface area contributed by atoms with Crippen LogP contribution in [0.2, 0.25) is 0 Å². The van der Waals surface area contributed by atoms with Crippen molar-refractivity contribution in [2.24, 2.45) is 5.92 Å². The van der Waals surface area contributed by atoms with Gasteiger partial charge < -0.3 is 4.90 Å². The van der Waals surface area contributed by atoms with Gasteiger partial charge in [-0.3, -0.25) is 4.79 Å². The molecule has 0 aliphatic carbocycles. The maximum absolute atomic E-state index is 12.2. The second-order valence-electron chi connectivity index (χ2n) is 4.64. The summed E-state index contributed by atoms with van der Waals surface area (Å²) < 4.78 is 0. The van der Waals surface area contributed by atoms with Crippen molar-refractivity contribution in [2.75, 3.05) is 13.1 Å². The minimum atomic E-state index is 0.155. The van der Waals surface area contributed by atoms with Crippen molar-refractivity contribution in [3.8, 4) is 0 Å². The van der Waals surface area contributed by atoms with Gasteiger partial charge in [-0.25, -0.2) is 0 Å². The third-order valence-electron chi connectivity index (χ3n) is 3.51. The number of amides is 1. The normalized spacial score (nSPS) is 19.6. The van der Waals surface area contributed by atoms with Gasteiger partial charge in [-0.05, 0) is 30.0 Å². The molecule has 1 aliphatic rings. The molecule has 2 nitrogen and oxygen atoms in total. The highest BCUT2D eigenvalue weighted by Crippen LogP contribution is 2.21. The standard InChI is InChI=1S/C14H18ClNO/c1-2-11-7-8-16(10-11)14(17)13-5-3-12(9-15)4-6-13/h3-6,11H,2,7-10H2,1H3. The summed E-state index contributed by atoms with van der Waals surface area (Å²) in [5, 5.41) is 0. The molecule has 1 aromatic carbocycles. The molecule has 1 aliphatic heterocycles. The summed E-state index contributed by atoms with van der Waals surface area (Å²) in [4.78, 5) is 14.2. The molecule has 2 rings (SSSR count). The van der Waals surface area contributed by atoms with E-state index >= 15 is 0 Å². The van der Waals surface area contributed by atoms with Gasteiger partial charge in [-0.1, -0.05) is 25.5 Å². The van der Waals surface area contributed by atoms with Crippen LogP contribution in [0.5, 0.6) is 0 Å². The molecule has 1 unspecified atom stereocenters. The Labute approximate surface area is 108 Å². The molecular weight excluding hydrogens is 234 g/mol. The molecule has 0 spiro atoms. The predicted molar refractivity (Wildman–Crippen MR) is 70.3 cm³/mol. The summed E-state index contributed by atoms with van der Waals surface area (Å²) in [6.45, 7) is 4.00. The van der Waals surface area contributed by atoms with Crippen LogP contribution in [0.25, 0.3) is 0 Å². The first-order chi connectivity index (χ1) is 8.24. The summed E-state index contributed by atoms with van der Waals surface area (Å²) in [6, 6.07) is 7.60. The average molecular weight is 252 g/mol. The summed E-state index contributed by atoms with van der Waals surface area (Å²) in [6.07, 6.45) is 2.30. The lowest BCUT2D eigenvalue weighted by molar-refractivity contribution is 0.0787. The number of benzene rings is 1. The quantitative estimate of drug-likeness (QED) is 0.755. The van der Waals surface area contributed by atoms with Crippen LogP contribution in [-0.2, 0) is 5.88 Å². The molecule has 0 bridgehead atoms. The number of alkyl halides is 1. The van der Waals surface area contributed by atoms with Gasteiger partial charge in [0.2, 0.25) is 0 Å². The van der Waals surface area contributed by atoms with Crippen LogP contribution in [-0.4, -0.2) is 23.9 Å². The molecular formula is C14H18ClNO. The number of rotatable bonds is 3. The zero-order chi connectivity index (χ0) is 12.3. The Bertz CT molecular complexity index is 388. The highest BCUT2D eigenvalue weighted by atomic mass is 35.5. The van der Waals surface area contributed by atoms with Crippen LogP contribution in [0.15, 0.2) is 24.3 Å². The number of nitrogens with zero attached hydrogens (tertiary/aromatic N) is 1. The van der Waals surface area contributed by atoms with E-state index in [1.807, 2.05) is 29.2 Å². The van der Waals surface area contributed by atoms with Crippen molar-refractivity contribution in [1.82, 2.24) is 4.90 Å². The second kappa shape index (κ2) is 5.54. The van der Waals surface area contributed by atoms with Gasteiger partial charge in [0.1, 0.15) is 0 Å². The van der Waals surface area contributed by atoms with Crippen molar-refractivity contribution < 1.29 is 4.79 Å². The number of hydrogen-bond acceptors (Lipinski definition) is 1. The van der Waals surface area contributed by atoms with Crippen LogP contribution >= 0.6 is 11.6 Å². The van der Waals surface area contributed by atoms with Gasteiger partial charge in [-0.15, -0.1) is 11.6 Å². The summed E-state index contributed by atoms with van der Waals surface area (Å²) >= 11 is 5.73. The third-order valence-corrected chi connectivity index (χ3v) is 3.81. The van der Waals surface area contributed by atoms with Crippen molar-refractivity contribution in [2.45, 2.75) is 25.6 Å². The SMILES string of the molecule is CCC1CCN(C(=O)c2ccc(CCl)cc2)C1. The van der Waals surface area contributed by atoms with E-state index in [0.29, 0.717) is 11.8 Å². The maximum atomic E-state index is 12.2. The third kappa shape index (κ3) is 2.81. The topological polar surface area (TPSA) is 20.3 Å². The lowest BCUT2D eigenvalue weighted by Gasteiger charge is -2.16. The first kappa shape index (κ1) is 12.4. The molecule has 1 fully saturated rings. The van der Waals surface area contributed by atoms with E-state index in [-0.39, 0.29) is 5.91 Å². The molecule has 3 heteroatoms. The average Bonchev–Trinajstić information content (AvgIpc) is 2.87. The highest BCUT2D eigenvalue weighted by Gasteiger charge is 2.25. The molecule has 1 atom stereocenters. The monoisotopic (exact) mass is 251 g/mol. The Kier molecular flexibility index (Phi) is 4.06. The molecule has 1 heterocycles. The maximum Gasteiger partial charge on any atom is 0.253 e. The van der Waals surface area contributed by atoms with E-state index in [9.17, 15) is 4.79 Å². The fourth-order valence-corrected chi connectivity index (χ4v) is 2.45. The molecule has 1 amide bonds. The number of likely N-dealkylation sites (tertiary alicyclic amines) is 1. The number of halogens is 1. The predicted octanol–water partition coefficient (Wildman–Crippen LogP) is 3.30. The Morgan fingerprint density at radius 2 is 2.12 bits per heavy atom. The van der Waals surface area contributed by atoms with E-state index in [1.165, 1.54) is 0 Å². The number of carbonyl (C=O) groups excluding carboxylic acids is 1. The Balaban J connectivity index is 2.04. The van der Waals surface area contributed by atoms with Crippen LogP contribution in [0.3, 0.4) is 0 Å². The van der Waals surface area contributed by atoms with Crippen LogP contribution in [0.4, 0.5) is 0 Å². The highest BCUT2D eigenvalue weighted by molar-refractivity contribution is 6.17. The van der Waals surface area contributed by atoms with Gasteiger partial charge in [-0.2, -0.15) is 0 Å². The van der Waals surface area contributed by atoms with Crippen molar-refractivity contribution in [3.63, 3.8) is 0 Å². The Morgan fingerprint density at radius 1 is 1.41 bits per heavy atom. The van der Waals surface area contributed by atoms with Crippen LogP contribution in [0, 0.1) is 5.92 Å².